The molecule has 5 atom stereocenters. The Labute approximate surface area is 180 Å². The topological polar surface area (TPSA) is 120 Å². The maximum atomic E-state index is 13.0. The van der Waals surface area contributed by atoms with Crippen molar-refractivity contribution >= 4 is 17.8 Å². The summed E-state index contributed by atoms with van der Waals surface area (Å²) in [5.74, 6) is -0.768. The van der Waals surface area contributed by atoms with Gasteiger partial charge in [0.25, 0.3) is 0 Å². The summed E-state index contributed by atoms with van der Waals surface area (Å²) in [6.45, 7) is 9.54. The molecule has 172 valence electrons. The summed E-state index contributed by atoms with van der Waals surface area (Å²) in [6.07, 6.45) is 4.48. The smallest absolute Gasteiger partial charge is 0.328 e. The Kier molecular flexibility index (Phi) is 11.0. The van der Waals surface area contributed by atoms with Gasteiger partial charge >= 0.3 is 5.97 Å². The minimum atomic E-state index is -0.721. The van der Waals surface area contributed by atoms with E-state index in [0.717, 1.165) is 19.3 Å². The Bertz CT molecular complexity index is 618. The second-order valence-corrected chi connectivity index (χ2v) is 8.12. The largest absolute Gasteiger partial charge is 0.467 e. The minimum absolute atomic E-state index is 0.00894. The maximum absolute atomic E-state index is 13.0. The molecule has 8 heteroatoms. The maximum Gasteiger partial charge on any atom is 0.328 e. The van der Waals surface area contributed by atoms with Crippen molar-refractivity contribution in [3.63, 3.8) is 0 Å². The molecule has 8 nitrogen and oxygen atoms in total. The highest BCUT2D eigenvalue weighted by Crippen LogP contribution is 2.24. The Morgan fingerprint density at radius 2 is 1.83 bits per heavy atom. The number of ether oxygens (including phenoxy) is 2. The van der Waals surface area contributed by atoms with E-state index in [0.29, 0.717) is 12.0 Å². The molecule has 1 rings (SSSR count). The first kappa shape index (κ1) is 26.1. The number of carbonyl (C=O) groups is 3. The number of rotatable bonds is 11. The van der Waals surface area contributed by atoms with Gasteiger partial charge in [0.05, 0.1) is 25.4 Å². The SMILES string of the molecule is CCC(C)C[C@@H](NC(=O)C1=C[C@@H](OC(CC)CC)[C@H](NC(C)=O)[C@@H](N)C1)C(=O)OC. The molecule has 4 N–H and O–H groups in total. The van der Waals surface area contributed by atoms with Gasteiger partial charge in [-0.25, -0.2) is 4.79 Å². The molecule has 0 fully saturated rings. The van der Waals surface area contributed by atoms with Gasteiger partial charge in [-0.2, -0.15) is 0 Å². The van der Waals surface area contributed by atoms with Crippen LogP contribution in [0.15, 0.2) is 11.6 Å². The predicted molar refractivity (Wildman–Crippen MR) is 116 cm³/mol. The summed E-state index contributed by atoms with van der Waals surface area (Å²) in [7, 11) is 1.31. The Morgan fingerprint density at radius 1 is 1.20 bits per heavy atom. The third-order valence-corrected chi connectivity index (χ3v) is 5.68. The lowest BCUT2D eigenvalue weighted by molar-refractivity contribution is -0.145. The summed E-state index contributed by atoms with van der Waals surface area (Å²) < 4.78 is 11.0. The second kappa shape index (κ2) is 12.7. The van der Waals surface area contributed by atoms with Gasteiger partial charge in [-0.3, -0.25) is 9.59 Å². The molecule has 1 unspecified atom stereocenters. The van der Waals surface area contributed by atoms with E-state index >= 15 is 0 Å². The fourth-order valence-corrected chi connectivity index (χ4v) is 3.59. The van der Waals surface area contributed by atoms with Crippen LogP contribution in [0.5, 0.6) is 0 Å². The van der Waals surface area contributed by atoms with Crippen molar-refractivity contribution in [2.45, 2.75) is 97.1 Å². The van der Waals surface area contributed by atoms with Crippen molar-refractivity contribution in [1.29, 1.82) is 0 Å². The fraction of sp³-hybridized carbons (Fsp3) is 0.773. The van der Waals surface area contributed by atoms with Gasteiger partial charge in [0, 0.05) is 18.5 Å². The standard InChI is InChI=1S/C22H39N3O5/c1-7-13(4)10-18(22(28)29-6)25-21(27)15-11-17(23)20(24-14(5)26)19(12-15)30-16(8-2)9-3/h12-13,16-20H,7-11,23H2,1-6H3,(H,24,26)(H,25,27)/t13?,17-,18+,19+,20+/m0/s1. The van der Waals surface area contributed by atoms with Gasteiger partial charge in [0.15, 0.2) is 0 Å². The van der Waals surface area contributed by atoms with Crippen LogP contribution in [-0.4, -0.2) is 55.2 Å². The first-order valence-electron chi connectivity index (χ1n) is 10.9. The average molecular weight is 426 g/mol. The van der Waals surface area contributed by atoms with Crippen molar-refractivity contribution in [3.05, 3.63) is 11.6 Å². The van der Waals surface area contributed by atoms with Crippen LogP contribution in [0.2, 0.25) is 0 Å². The lowest BCUT2D eigenvalue weighted by Crippen LogP contribution is -2.57. The highest BCUT2D eigenvalue weighted by atomic mass is 16.5. The Hall–Kier alpha value is -1.93. The number of esters is 1. The highest BCUT2D eigenvalue weighted by Gasteiger charge is 2.36. The van der Waals surface area contributed by atoms with Crippen molar-refractivity contribution in [3.8, 4) is 0 Å². The molecule has 0 saturated heterocycles. The first-order chi connectivity index (χ1) is 14.2. The minimum Gasteiger partial charge on any atom is -0.467 e. The summed E-state index contributed by atoms with van der Waals surface area (Å²) in [5, 5.41) is 5.66. The third kappa shape index (κ3) is 7.72. The molecular weight excluding hydrogens is 386 g/mol. The van der Waals surface area contributed by atoms with Crippen molar-refractivity contribution in [2.75, 3.05) is 7.11 Å². The van der Waals surface area contributed by atoms with Crippen molar-refractivity contribution in [1.82, 2.24) is 10.6 Å². The van der Waals surface area contributed by atoms with Gasteiger partial charge < -0.3 is 25.8 Å². The van der Waals surface area contributed by atoms with Crippen LogP contribution in [-0.2, 0) is 23.9 Å². The van der Waals surface area contributed by atoms with Gasteiger partial charge in [-0.05, 0) is 37.7 Å². The van der Waals surface area contributed by atoms with E-state index in [1.54, 1.807) is 6.08 Å². The van der Waals surface area contributed by atoms with E-state index in [4.69, 9.17) is 15.2 Å². The van der Waals surface area contributed by atoms with Crippen molar-refractivity contribution < 1.29 is 23.9 Å². The first-order valence-corrected chi connectivity index (χ1v) is 10.9. The molecule has 0 aromatic carbocycles. The molecule has 1 aliphatic carbocycles. The molecular formula is C22H39N3O5. The van der Waals surface area contributed by atoms with Gasteiger partial charge in [0.2, 0.25) is 11.8 Å². The number of nitrogens with two attached hydrogens (primary N) is 1. The van der Waals surface area contributed by atoms with E-state index < -0.39 is 30.2 Å². The van der Waals surface area contributed by atoms with Crippen LogP contribution in [0.25, 0.3) is 0 Å². The van der Waals surface area contributed by atoms with Gasteiger partial charge in [-0.1, -0.05) is 34.1 Å². The van der Waals surface area contributed by atoms with E-state index in [2.05, 4.69) is 10.6 Å². The van der Waals surface area contributed by atoms with Gasteiger partial charge in [-0.15, -0.1) is 0 Å². The number of carbonyl (C=O) groups excluding carboxylic acids is 3. The number of nitrogens with one attached hydrogen (secondary N) is 2. The zero-order valence-electron chi connectivity index (χ0n) is 19.2. The molecule has 0 aromatic heterocycles. The summed E-state index contributed by atoms with van der Waals surface area (Å²) >= 11 is 0. The van der Waals surface area contributed by atoms with Crippen molar-refractivity contribution in [2.24, 2.45) is 11.7 Å². The molecule has 0 radical (unpaired) electrons. The predicted octanol–water partition coefficient (Wildman–Crippen LogP) is 1.82. The highest BCUT2D eigenvalue weighted by molar-refractivity contribution is 5.96. The molecule has 0 spiro atoms. The fourth-order valence-electron chi connectivity index (χ4n) is 3.59. The third-order valence-electron chi connectivity index (χ3n) is 5.68. The molecule has 0 aromatic rings. The summed E-state index contributed by atoms with van der Waals surface area (Å²) in [5.41, 5.74) is 6.77. The Balaban J connectivity index is 3.07. The molecule has 0 aliphatic heterocycles. The van der Waals surface area contributed by atoms with E-state index in [9.17, 15) is 14.4 Å². The van der Waals surface area contributed by atoms with Gasteiger partial charge in [0.1, 0.15) is 6.04 Å². The van der Waals surface area contributed by atoms with E-state index in [1.807, 2.05) is 27.7 Å². The van der Waals surface area contributed by atoms with E-state index in [-0.39, 0.29) is 30.3 Å². The second-order valence-electron chi connectivity index (χ2n) is 8.12. The van der Waals surface area contributed by atoms with E-state index in [1.165, 1.54) is 14.0 Å². The van der Waals surface area contributed by atoms with Crippen LogP contribution >= 0.6 is 0 Å². The van der Waals surface area contributed by atoms with Crippen LogP contribution < -0.4 is 16.4 Å². The average Bonchev–Trinajstić information content (AvgIpc) is 2.72. The normalized spacial score (nSPS) is 23.3. The summed E-state index contributed by atoms with van der Waals surface area (Å²) in [4.78, 5) is 36.8. The number of hydrogen-bond donors (Lipinski definition) is 3. The van der Waals surface area contributed by atoms with Crippen LogP contribution in [0, 0.1) is 5.92 Å². The number of methoxy groups -OCH3 is 1. The molecule has 1 aliphatic rings. The zero-order valence-corrected chi connectivity index (χ0v) is 19.2. The number of amides is 2. The molecule has 0 heterocycles. The summed E-state index contributed by atoms with van der Waals surface area (Å²) in [6, 6.07) is -1.62. The zero-order chi connectivity index (χ0) is 22.8. The lowest BCUT2D eigenvalue weighted by atomic mass is 9.87. The molecule has 30 heavy (non-hydrogen) atoms. The molecule has 2 amide bonds. The quantitative estimate of drug-likeness (QED) is 0.434. The van der Waals surface area contributed by atoms with Crippen LogP contribution in [0.3, 0.4) is 0 Å². The molecule has 0 saturated carbocycles. The van der Waals surface area contributed by atoms with Crippen LogP contribution in [0.4, 0.5) is 0 Å². The van der Waals surface area contributed by atoms with Crippen LogP contribution in [0.1, 0.15) is 66.7 Å². The lowest BCUT2D eigenvalue weighted by Gasteiger charge is -2.37. The number of hydrogen-bond acceptors (Lipinski definition) is 6. The monoisotopic (exact) mass is 425 g/mol. The molecule has 0 bridgehead atoms. The Morgan fingerprint density at radius 3 is 2.33 bits per heavy atom.